The van der Waals surface area contributed by atoms with Gasteiger partial charge < -0.3 is 10.1 Å². The van der Waals surface area contributed by atoms with E-state index in [4.69, 9.17) is 4.74 Å². The monoisotopic (exact) mass is 407 g/mol. The Morgan fingerprint density at radius 2 is 1.87 bits per heavy atom. The molecule has 154 valence electrons. The SMILES string of the molecule is COc1ccc(Cn2nc3cc(C)nc(Nc4ccc(C)c(C)c4)n3c2=O)cc1F. The molecular weight excluding hydrogens is 385 g/mol. The van der Waals surface area contributed by atoms with Crippen LogP contribution in [-0.4, -0.2) is 26.3 Å². The summed E-state index contributed by atoms with van der Waals surface area (Å²) < 4.78 is 21.7. The third-order valence-electron chi connectivity index (χ3n) is 5.01. The van der Waals surface area contributed by atoms with Crippen molar-refractivity contribution in [2.75, 3.05) is 12.4 Å². The second kappa shape index (κ2) is 7.62. The molecule has 0 aliphatic carbocycles. The first-order valence-electron chi connectivity index (χ1n) is 9.49. The van der Waals surface area contributed by atoms with Crippen LogP contribution in [0.15, 0.2) is 47.3 Å². The van der Waals surface area contributed by atoms with Crippen molar-refractivity contribution in [2.45, 2.75) is 27.3 Å². The number of benzene rings is 2. The molecule has 1 N–H and O–H groups in total. The minimum absolute atomic E-state index is 0.129. The number of anilines is 2. The molecule has 7 nitrogen and oxygen atoms in total. The van der Waals surface area contributed by atoms with Crippen molar-refractivity contribution in [3.63, 3.8) is 0 Å². The van der Waals surface area contributed by atoms with Gasteiger partial charge >= 0.3 is 5.69 Å². The molecule has 2 heterocycles. The maximum absolute atomic E-state index is 14.0. The van der Waals surface area contributed by atoms with Gasteiger partial charge in [0.2, 0.25) is 5.95 Å². The van der Waals surface area contributed by atoms with Crippen LogP contribution in [0.5, 0.6) is 5.75 Å². The Morgan fingerprint density at radius 1 is 1.07 bits per heavy atom. The van der Waals surface area contributed by atoms with Crippen LogP contribution >= 0.6 is 0 Å². The Bertz CT molecular complexity index is 1310. The van der Waals surface area contributed by atoms with Gasteiger partial charge in [0.25, 0.3) is 0 Å². The largest absolute Gasteiger partial charge is 0.494 e. The molecule has 0 atom stereocenters. The molecule has 0 fully saturated rings. The molecule has 2 aromatic carbocycles. The number of ether oxygens (including phenoxy) is 1. The number of aromatic nitrogens is 4. The highest BCUT2D eigenvalue weighted by Gasteiger charge is 2.14. The lowest BCUT2D eigenvalue weighted by atomic mass is 10.1. The minimum atomic E-state index is -0.485. The van der Waals surface area contributed by atoms with Crippen LogP contribution in [0, 0.1) is 26.6 Å². The highest BCUT2D eigenvalue weighted by Crippen LogP contribution is 2.20. The van der Waals surface area contributed by atoms with E-state index in [0.717, 1.165) is 16.9 Å². The quantitative estimate of drug-likeness (QED) is 0.545. The summed E-state index contributed by atoms with van der Waals surface area (Å²) in [5, 5.41) is 7.63. The molecule has 0 unspecified atom stereocenters. The zero-order chi connectivity index (χ0) is 21.4. The maximum Gasteiger partial charge on any atom is 0.353 e. The van der Waals surface area contributed by atoms with Crippen molar-refractivity contribution in [3.8, 4) is 5.75 Å². The molecule has 8 heteroatoms. The third-order valence-corrected chi connectivity index (χ3v) is 5.01. The van der Waals surface area contributed by atoms with Crippen molar-refractivity contribution < 1.29 is 9.13 Å². The fourth-order valence-electron chi connectivity index (χ4n) is 3.27. The lowest BCUT2D eigenvalue weighted by Gasteiger charge is -2.09. The van der Waals surface area contributed by atoms with Crippen LogP contribution in [0.1, 0.15) is 22.4 Å². The van der Waals surface area contributed by atoms with Gasteiger partial charge in [-0.15, -0.1) is 5.10 Å². The molecule has 0 amide bonds. The number of fused-ring (bicyclic) bond motifs is 1. The molecule has 30 heavy (non-hydrogen) atoms. The van der Waals surface area contributed by atoms with Crippen LogP contribution < -0.4 is 15.7 Å². The van der Waals surface area contributed by atoms with E-state index < -0.39 is 5.82 Å². The Balaban J connectivity index is 1.74. The summed E-state index contributed by atoms with van der Waals surface area (Å²) in [6, 6.07) is 12.3. The van der Waals surface area contributed by atoms with Gasteiger partial charge in [-0.2, -0.15) is 0 Å². The third kappa shape index (κ3) is 3.63. The molecule has 0 bridgehead atoms. The minimum Gasteiger partial charge on any atom is -0.494 e. The van der Waals surface area contributed by atoms with Crippen LogP contribution in [0.3, 0.4) is 0 Å². The number of hydrogen-bond acceptors (Lipinski definition) is 5. The van der Waals surface area contributed by atoms with Crippen molar-refractivity contribution in [3.05, 3.63) is 81.2 Å². The average molecular weight is 407 g/mol. The lowest BCUT2D eigenvalue weighted by Crippen LogP contribution is -2.23. The molecular formula is C22H22FN5O2. The zero-order valence-electron chi connectivity index (χ0n) is 17.2. The summed E-state index contributed by atoms with van der Waals surface area (Å²) in [6.07, 6.45) is 0. The maximum atomic E-state index is 14.0. The number of nitrogens with zero attached hydrogens (tertiary/aromatic N) is 4. The normalized spacial score (nSPS) is 11.1. The Hall–Kier alpha value is -3.68. The number of rotatable bonds is 5. The fourth-order valence-corrected chi connectivity index (χ4v) is 3.27. The smallest absolute Gasteiger partial charge is 0.353 e. The molecule has 0 saturated carbocycles. The molecule has 0 aliphatic heterocycles. The number of nitrogens with one attached hydrogen (secondary N) is 1. The van der Waals surface area contributed by atoms with Gasteiger partial charge in [0, 0.05) is 17.4 Å². The van der Waals surface area contributed by atoms with Crippen molar-refractivity contribution in [1.29, 1.82) is 0 Å². The van der Waals surface area contributed by atoms with Crippen LogP contribution in [0.25, 0.3) is 5.65 Å². The van der Waals surface area contributed by atoms with Gasteiger partial charge in [0.1, 0.15) is 0 Å². The van der Waals surface area contributed by atoms with Crippen molar-refractivity contribution >= 4 is 17.3 Å². The topological polar surface area (TPSA) is 73.4 Å². The molecule has 4 aromatic rings. The molecule has 0 saturated heterocycles. The number of methoxy groups -OCH3 is 1. The zero-order valence-corrected chi connectivity index (χ0v) is 17.2. The van der Waals surface area contributed by atoms with Gasteiger partial charge in [0.15, 0.2) is 17.2 Å². The summed E-state index contributed by atoms with van der Waals surface area (Å²) in [5.41, 5.74) is 4.57. The van der Waals surface area contributed by atoms with Crippen LogP contribution in [0.4, 0.5) is 16.0 Å². The van der Waals surface area contributed by atoms with Crippen LogP contribution in [0.2, 0.25) is 0 Å². The first-order chi connectivity index (χ1) is 14.4. The van der Waals surface area contributed by atoms with E-state index in [-0.39, 0.29) is 18.0 Å². The molecule has 4 rings (SSSR count). The summed E-state index contributed by atoms with van der Waals surface area (Å²) >= 11 is 0. The van der Waals surface area contributed by atoms with E-state index in [1.165, 1.54) is 33.9 Å². The lowest BCUT2D eigenvalue weighted by molar-refractivity contribution is 0.386. The number of aryl methyl sites for hydroxylation is 3. The highest BCUT2D eigenvalue weighted by atomic mass is 19.1. The first-order valence-corrected chi connectivity index (χ1v) is 9.49. The Kier molecular flexibility index (Phi) is 4.99. The van der Waals surface area contributed by atoms with Crippen LogP contribution in [-0.2, 0) is 6.54 Å². The number of hydrogen-bond donors (Lipinski definition) is 1. The van der Waals surface area contributed by atoms with Crippen molar-refractivity contribution in [1.82, 2.24) is 19.2 Å². The van der Waals surface area contributed by atoms with Gasteiger partial charge in [-0.3, -0.25) is 0 Å². The molecule has 0 aliphatic rings. The van der Waals surface area contributed by atoms with E-state index in [1.807, 2.05) is 39.0 Å². The fraction of sp³-hybridized carbons (Fsp3) is 0.227. The Labute approximate surface area is 172 Å². The van der Waals surface area contributed by atoms with Gasteiger partial charge in [-0.05, 0) is 61.7 Å². The van der Waals surface area contributed by atoms with Gasteiger partial charge in [0.05, 0.1) is 13.7 Å². The van der Waals surface area contributed by atoms with Gasteiger partial charge in [-0.25, -0.2) is 23.3 Å². The van der Waals surface area contributed by atoms with Gasteiger partial charge in [-0.1, -0.05) is 12.1 Å². The second-order valence-electron chi connectivity index (χ2n) is 7.25. The van der Waals surface area contributed by atoms with E-state index in [0.29, 0.717) is 17.2 Å². The highest BCUT2D eigenvalue weighted by molar-refractivity contribution is 5.58. The predicted molar refractivity (Wildman–Crippen MR) is 113 cm³/mol. The van der Waals surface area contributed by atoms with E-state index in [2.05, 4.69) is 15.4 Å². The van der Waals surface area contributed by atoms with E-state index >= 15 is 0 Å². The molecule has 0 radical (unpaired) electrons. The van der Waals surface area contributed by atoms with Crippen molar-refractivity contribution in [2.24, 2.45) is 0 Å². The molecule has 0 spiro atoms. The Morgan fingerprint density at radius 3 is 2.57 bits per heavy atom. The summed E-state index contributed by atoms with van der Waals surface area (Å²) in [7, 11) is 1.41. The number of halogens is 1. The summed E-state index contributed by atoms with van der Waals surface area (Å²) in [5.74, 6) is 0.0487. The summed E-state index contributed by atoms with van der Waals surface area (Å²) in [6.45, 7) is 6.04. The molecule has 2 aromatic heterocycles. The first kappa shape index (κ1) is 19.6. The predicted octanol–water partition coefficient (Wildman–Crippen LogP) is 3.76. The standard InChI is InChI=1S/C22H22FN5O2/c1-13-5-7-17(9-14(13)2)25-21-24-15(3)10-20-26-27(22(29)28(20)21)12-16-6-8-19(30-4)18(23)11-16/h5-11H,12H2,1-4H3,(H,24,25). The second-order valence-corrected chi connectivity index (χ2v) is 7.25. The average Bonchev–Trinajstić information content (AvgIpc) is 3.00. The van der Waals surface area contributed by atoms with E-state index in [9.17, 15) is 9.18 Å². The summed E-state index contributed by atoms with van der Waals surface area (Å²) in [4.78, 5) is 17.5. The van der Waals surface area contributed by atoms with E-state index in [1.54, 1.807) is 12.1 Å².